The van der Waals surface area contributed by atoms with E-state index in [1.165, 1.54) is 0 Å². The highest BCUT2D eigenvalue weighted by Gasteiger charge is 2.23. The zero-order chi connectivity index (χ0) is 12.0. The van der Waals surface area contributed by atoms with Crippen LogP contribution in [0.25, 0.3) is 0 Å². The Morgan fingerprint density at radius 3 is 2.50 bits per heavy atom. The Morgan fingerprint density at radius 1 is 1.31 bits per heavy atom. The summed E-state index contributed by atoms with van der Waals surface area (Å²) in [4.78, 5) is 0. The molecule has 0 aromatic carbocycles. The molecule has 1 aliphatic rings. The minimum atomic E-state index is -3.25. The third kappa shape index (κ3) is 4.37. The Labute approximate surface area is 98.6 Å². The van der Waals surface area contributed by atoms with Gasteiger partial charge in [-0.25, -0.2) is 4.72 Å². The van der Waals surface area contributed by atoms with Gasteiger partial charge in [0.1, 0.15) is 0 Å². The van der Waals surface area contributed by atoms with Crippen molar-refractivity contribution >= 4 is 10.2 Å². The highest BCUT2D eigenvalue weighted by molar-refractivity contribution is 7.87. The van der Waals surface area contributed by atoms with Crippen molar-refractivity contribution in [3.8, 4) is 0 Å². The summed E-state index contributed by atoms with van der Waals surface area (Å²) >= 11 is 0. The molecule has 1 aliphatic heterocycles. The van der Waals surface area contributed by atoms with Crippen molar-refractivity contribution in [1.82, 2.24) is 9.03 Å². The maximum atomic E-state index is 11.9. The number of hydrogen-bond acceptors (Lipinski definition) is 3. The van der Waals surface area contributed by atoms with Gasteiger partial charge in [0.15, 0.2) is 0 Å². The van der Waals surface area contributed by atoms with Crippen LogP contribution in [-0.4, -0.2) is 38.9 Å². The second-order valence-electron chi connectivity index (χ2n) is 4.50. The molecule has 1 rings (SSSR count). The predicted molar refractivity (Wildman–Crippen MR) is 65.2 cm³/mol. The molecule has 1 fully saturated rings. The van der Waals surface area contributed by atoms with Crippen LogP contribution in [0.3, 0.4) is 0 Å². The fraction of sp³-hybridized carbons (Fsp3) is 1.00. The SMILES string of the molecule is CC(CCN)CNS(=O)(=O)N1CCCCC1. The first-order valence-electron chi connectivity index (χ1n) is 6.01. The highest BCUT2D eigenvalue weighted by Crippen LogP contribution is 2.12. The zero-order valence-corrected chi connectivity index (χ0v) is 10.8. The third-order valence-corrected chi connectivity index (χ3v) is 4.51. The number of rotatable bonds is 6. The largest absolute Gasteiger partial charge is 0.330 e. The standard InChI is InChI=1S/C10H23N3O2S/c1-10(5-6-11)9-12-16(14,15)13-7-3-2-4-8-13/h10,12H,2-9,11H2,1H3. The Morgan fingerprint density at radius 2 is 1.94 bits per heavy atom. The Hall–Kier alpha value is -0.170. The average molecular weight is 249 g/mol. The lowest BCUT2D eigenvalue weighted by Gasteiger charge is -2.26. The second kappa shape index (κ2) is 6.54. The van der Waals surface area contributed by atoms with Gasteiger partial charge in [-0.2, -0.15) is 12.7 Å². The van der Waals surface area contributed by atoms with Crippen LogP contribution in [0.5, 0.6) is 0 Å². The minimum absolute atomic E-state index is 0.296. The van der Waals surface area contributed by atoms with Crippen LogP contribution in [0.4, 0.5) is 0 Å². The number of nitrogens with zero attached hydrogens (tertiary/aromatic N) is 1. The van der Waals surface area contributed by atoms with Crippen molar-refractivity contribution in [3.63, 3.8) is 0 Å². The van der Waals surface area contributed by atoms with Crippen molar-refractivity contribution in [2.45, 2.75) is 32.6 Å². The second-order valence-corrected chi connectivity index (χ2v) is 6.25. The van der Waals surface area contributed by atoms with Crippen molar-refractivity contribution in [1.29, 1.82) is 0 Å². The summed E-state index contributed by atoms with van der Waals surface area (Å²) in [6.45, 7) is 4.40. The molecular formula is C10H23N3O2S. The van der Waals surface area contributed by atoms with Crippen LogP contribution in [0.15, 0.2) is 0 Å². The lowest BCUT2D eigenvalue weighted by molar-refractivity contribution is 0.339. The van der Waals surface area contributed by atoms with Crippen molar-refractivity contribution in [3.05, 3.63) is 0 Å². The fourth-order valence-electron chi connectivity index (χ4n) is 1.83. The van der Waals surface area contributed by atoms with E-state index in [4.69, 9.17) is 5.73 Å². The number of piperidine rings is 1. The fourth-order valence-corrected chi connectivity index (χ4v) is 3.25. The van der Waals surface area contributed by atoms with Crippen molar-refractivity contribution in [2.24, 2.45) is 11.7 Å². The summed E-state index contributed by atoms with van der Waals surface area (Å²) in [5.74, 6) is 0.296. The molecule has 0 aromatic rings. The molecule has 0 saturated carbocycles. The molecule has 0 spiro atoms. The van der Waals surface area contributed by atoms with E-state index >= 15 is 0 Å². The van der Waals surface area contributed by atoms with Gasteiger partial charge in [-0.1, -0.05) is 13.3 Å². The summed E-state index contributed by atoms with van der Waals surface area (Å²) in [7, 11) is -3.25. The number of nitrogens with one attached hydrogen (secondary N) is 1. The Balaban J connectivity index is 2.38. The lowest BCUT2D eigenvalue weighted by atomic mass is 10.1. The highest BCUT2D eigenvalue weighted by atomic mass is 32.2. The first kappa shape index (κ1) is 13.9. The molecule has 0 bridgehead atoms. The monoisotopic (exact) mass is 249 g/mol. The van der Waals surface area contributed by atoms with Crippen LogP contribution < -0.4 is 10.5 Å². The molecule has 1 heterocycles. The predicted octanol–water partition coefficient (Wildman–Crippen LogP) is 0.292. The van der Waals surface area contributed by atoms with Gasteiger partial charge in [0.25, 0.3) is 10.2 Å². The first-order valence-corrected chi connectivity index (χ1v) is 7.45. The van der Waals surface area contributed by atoms with E-state index in [1.807, 2.05) is 6.92 Å². The van der Waals surface area contributed by atoms with E-state index in [0.29, 0.717) is 32.1 Å². The molecule has 1 saturated heterocycles. The summed E-state index contributed by atoms with van der Waals surface area (Å²) in [6.07, 6.45) is 3.93. The normalized spacial score (nSPS) is 20.9. The first-order chi connectivity index (χ1) is 7.56. The summed E-state index contributed by atoms with van der Waals surface area (Å²) in [6, 6.07) is 0. The van der Waals surface area contributed by atoms with Gasteiger partial charge in [-0.05, 0) is 31.7 Å². The topological polar surface area (TPSA) is 75.4 Å². The Kier molecular flexibility index (Phi) is 5.68. The third-order valence-electron chi connectivity index (χ3n) is 2.93. The summed E-state index contributed by atoms with van der Waals surface area (Å²) in [5.41, 5.74) is 5.42. The van der Waals surface area contributed by atoms with Crippen LogP contribution >= 0.6 is 0 Å². The van der Waals surface area contributed by atoms with Crippen molar-refractivity contribution in [2.75, 3.05) is 26.2 Å². The minimum Gasteiger partial charge on any atom is -0.330 e. The molecule has 1 unspecified atom stereocenters. The Bertz CT molecular complexity index is 286. The zero-order valence-electron chi connectivity index (χ0n) is 9.98. The summed E-state index contributed by atoms with van der Waals surface area (Å²) in [5, 5.41) is 0. The molecule has 96 valence electrons. The van der Waals surface area contributed by atoms with Gasteiger partial charge in [-0.3, -0.25) is 0 Å². The van der Waals surface area contributed by atoms with E-state index in [0.717, 1.165) is 25.7 Å². The van der Waals surface area contributed by atoms with Gasteiger partial charge >= 0.3 is 0 Å². The maximum Gasteiger partial charge on any atom is 0.279 e. The molecule has 1 atom stereocenters. The molecule has 0 radical (unpaired) electrons. The average Bonchev–Trinajstić information content (AvgIpc) is 2.28. The molecule has 5 nitrogen and oxygen atoms in total. The van der Waals surface area contributed by atoms with Crippen LogP contribution in [0.1, 0.15) is 32.6 Å². The molecule has 3 N–H and O–H groups in total. The summed E-state index contributed by atoms with van der Waals surface area (Å²) < 4.78 is 28.0. The van der Waals surface area contributed by atoms with E-state index in [2.05, 4.69) is 4.72 Å². The molecule has 0 aromatic heterocycles. The molecule has 0 aliphatic carbocycles. The van der Waals surface area contributed by atoms with Gasteiger partial charge in [0.2, 0.25) is 0 Å². The lowest BCUT2D eigenvalue weighted by Crippen LogP contribution is -2.44. The van der Waals surface area contributed by atoms with Crippen LogP contribution in [0.2, 0.25) is 0 Å². The quantitative estimate of drug-likeness (QED) is 0.710. The van der Waals surface area contributed by atoms with E-state index < -0.39 is 10.2 Å². The van der Waals surface area contributed by atoms with Gasteiger partial charge in [0.05, 0.1) is 0 Å². The van der Waals surface area contributed by atoms with Crippen LogP contribution in [0, 0.1) is 5.92 Å². The van der Waals surface area contributed by atoms with E-state index in [9.17, 15) is 8.42 Å². The van der Waals surface area contributed by atoms with Gasteiger partial charge in [-0.15, -0.1) is 0 Å². The van der Waals surface area contributed by atoms with Gasteiger partial charge in [0, 0.05) is 19.6 Å². The molecule has 16 heavy (non-hydrogen) atoms. The number of nitrogens with two attached hydrogens (primary N) is 1. The van der Waals surface area contributed by atoms with E-state index in [1.54, 1.807) is 4.31 Å². The molecular weight excluding hydrogens is 226 g/mol. The van der Waals surface area contributed by atoms with E-state index in [-0.39, 0.29) is 0 Å². The molecule has 6 heteroatoms. The maximum absolute atomic E-state index is 11.9. The number of hydrogen-bond donors (Lipinski definition) is 2. The van der Waals surface area contributed by atoms with Gasteiger partial charge < -0.3 is 5.73 Å². The molecule has 0 amide bonds. The van der Waals surface area contributed by atoms with Crippen molar-refractivity contribution < 1.29 is 8.42 Å². The smallest absolute Gasteiger partial charge is 0.279 e. The van der Waals surface area contributed by atoms with Crippen LogP contribution in [-0.2, 0) is 10.2 Å².